The number of carbonyl (C=O) groups excluding carboxylic acids is 2. The molecule has 21 heavy (non-hydrogen) atoms. The van der Waals surface area contributed by atoms with E-state index in [4.69, 9.17) is 4.74 Å². The van der Waals surface area contributed by atoms with Crippen molar-refractivity contribution in [1.82, 2.24) is 10.9 Å². The van der Waals surface area contributed by atoms with Crippen molar-refractivity contribution in [2.24, 2.45) is 5.92 Å². The molecule has 114 valence electrons. The van der Waals surface area contributed by atoms with Crippen LogP contribution in [0.5, 0.6) is 5.75 Å². The van der Waals surface area contributed by atoms with Crippen molar-refractivity contribution in [3.05, 3.63) is 29.3 Å². The Kier molecular flexibility index (Phi) is 5.20. The van der Waals surface area contributed by atoms with Gasteiger partial charge in [-0.3, -0.25) is 20.4 Å². The van der Waals surface area contributed by atoms with Crippen molar-refractivity contribution in [3.63, 3.8) is 0 Å². The van der Waals surface area contributed by atoms with Gasteiger partial charge in [0.25, 0.3) is 5.91 Å². The zero-order chi connectivity index (χ0) is 15.2. The minimum atomic E-state index is -0.357. The number of rotatable bonds is 4. The Morgan fingerprint density at radius 2 is 1.76 bits per heavy atom. The van der Waals surface area contributed by atoms with Gasteiger partial charge in [-0.25, -0.2) is 0 Å². The van der Waals surface area contributed by atoms with Crippen molar-refractivity contribution in [2.75, 3.05) is 6.61 Å². The fourth-order valence-electron chi connectivity index (χ4n) is 2.62. The van der Waals surface area contributed by atoms with E-state index in [9.17, 15) is 9.59 Å². The van der Waals surface area contributed by atoms with Crippen molar-refractivity contribution < 1.29 is 14.3 Å². The first-order valence-corrected chi connectivity index (χ1v) is 7.35. The van der Waals surface area contributed by atoms with Gasteiger partial charge in [-0.05, 0) is 37.8 Å². The third-order valence-corrected chi connectivity index (χ3v) is 3.81. The first kappa shape index (κ1) is 15.4. The fraction of sp³-hybridized carbons (Fsp3) is 0.500. The lowest BCUT2D eigenvalue weighted by molar-refractivity contribution is -0.132. The van der Waals surface area contributed by atoms with Crippen LogP contribution in [0.15, 0.2) is 18.2 Å². The van der Waals surface area contributed by atoms with Crippen LogP contribution in [0.4, 0.5) is 0 Å². The van der Waals surface area contributed by atoms with Crippen LogP contribution in [0.3, 0.4) is 0 Å². The highest BCUT2D eigenvalue weighted by Gasteiger charge is 2.22. The second-order valence-corrected chi connectivity index (χ2v) is 5.53. The van der Waals surface area contributed by atoms with Crippen molar-refractivity contribution in [3.8, 4) is 5.75 Å². The minimum absolute atomic E-state index is 0.0323. The summed E-state index contributed by atoms with van der Waals surface area (Å²) in [6.45, 7) is 3.75. The molecule has 0 aliphatic heterocycles. The Balaban J connectivity index is 1.76. The number of nitrogens with one attached hydrogen (secondary N) is 2. The lowest BCUT2D eigenvalue weighted by atomic mass is 10.1. The van der Waals surface area contributed by atoms with Gasteiger partial charge in [0.1, 0.15) is 5.75 Å². The zero-order valence-corrected chi connectivity index (χ0v) is 12.6. The molecule has 0 spiro atoms. The molecular formula is C16H22N2O3. The Labute approximate surface area is 125 Å². The number of carbonyl (C=O) groups is 2. The fourth-order valence-corrected chi connectivity index (χ4v) is 2.62. The molecule has 0 radical (unpaired) electrons. The standard InChI is InChI=1S/C16H22N2O3/c1-11-6-5-7-12(2)15(11)21-10-14(19)17-18-16(20)13-8-3-4-9-13/h5-7,13H,3-4,8-10H2,1-2H3,(H,17,19)(H,18,20). The van der Waals surface area contributed by atoms with Crippen molar-refractivity contribution in [1.29, 1.82) is 0 Å². The molecule has 1 fully saturated rings. The highest BCUT2D eigenvalue weighted by atomic mass is 16.5. The number of aryl methyl sites for hydroxylation is 2. The molecule has 0 saturated heterocycles. The third kappa shape index (κ3) is 4.21. The summed E-state index contributed by atoms with van der Waals surface area (Å²) >= 11 is 0. The summed E-state index contributed by atoms with van der Waals surface area (Å²) in [6.07, 6.45) is 3.98. The maximum Gasteiger partial charge on any atom is 0.276 e. The average molecular weight is 290 g/mol. The second-order valence-electron chi connectivity index (χ2n) is 5.53. The van der Waals surface area contributed by atoms with Crippen LogP contribution in [0, 0.1) is 19.8 Å². The van der Waals surface area contributed by atoms with E-state index in [1.165, 1.54) is 0 Å². The van der Waals surface area contributed by atoms with Gasteiger partial charge in [0, 0.05) is 5.92 Å². The number of amides is 2. The quantitative estimate of drug-likeness (QED) is 0.834. The SMILES string of the molecule is Cc1cccc(C)c1OCC(=O)NNC(=O)C1CCCC1. The molecule has 1 aromatic rings. The summed E-state index contributed by atoms with van der Waals surface area (Å²) in [6, 6.07) is 5.81. The second kappa shape index (κ2) is 7.11. The normalized spacial score (nSPS) is 14.8. The summed E-state index contributed by atoms with van der Waals surface area (Å²) in [4.78, 5) is 23.5. The van der Waals surface area contributed by atoms with E-state index in [1.807, 2.05) is 32.0 Å². The van der Waals surface area contributed by atoms with Gasteiger partial charge in [-0.2, -0.15) is 0 Å². The molecule has 5 heteroatoms. The molecule has 1 aromatic carbocycles. The molecule has 0 bridgehead atoms. The molecule has 1 aliphatic rings. The van der Waals surface area contributed by atoms with Crippen LogP contribution >= 0.6 is 0 Å². The highest BCUT2D eigenvalue weighted by Crippen LogP contribution is 2.24. The van der Waals surface area contributed by atoms with Crippen LogP contribution < -0.4 is 15.6 Å². The van der Waals surface area contributed by atoms with Gasteiger partial charge in [0.15, 0.2) is 6.61 Å². The maximum atomic E-state index is 11.8. The van der Waals surface area contributed by atoms with E-state index in [0.29, 0.717) is 0 Å². The highest BCUT2D eigenvalue weighted by molar-refractivity contribution is 5.84. The molecule has 0 unspecified atom stereocenters. The Hall–Kier alpha value is -2.04. The molecule has 0 heterocycles. The molecular weight excluding hydrogens is 268 g/mol. The zero-order valence-electron chi connectivity index (χ0n) is 12.6. The van der Waals surface area contributed by atoms with Crippen LogP contribution in [0.25, 0.3) is 0 Å². The largest absolute Gasteiger partial charge is 0.483 e. The number of ether oxygens (including phenoxy) is 1. The van der Waals surface area contributed by atoms with Crippen LogP contribution in [0.1, 0.15) is 36.8 Å². The Morgan fingerprint density at radius 1 is 1.14 bits per heavy atom. The van der Waals surface area contributed by atoms with E-state index < -0.39 is 0 Å². The molecule has 5 nitrogen and oxygen atoms in total. The van der Waals surface area contributed by atoms with E-state index in [0.717, 1.165) is 42.6 Å². The average Bonchev–Trinajstić information content (AvgIpc) is 2.98. The van der Waals surface area contributed by atoms with E-state index in [-0.39, 0.29) is 24.3 Å². The molecule has 2 amide bonds. The van der Waals surface area contributed by atoms with Gasteiger partial charge in [-0.1, -0.05) is 31.0 Å². The van der Waals surface area contributed by atoms with Gasteiger partial charge < -0.3 is 4.74 Å². The number of hydrogen-bond acceptors (Lipinski definition) is 3. The molecule has 2 N–H and O–H groups in total. The first-order valence-electron chi connectivity index (χ1n) is 7.35. The molecule has 1 saturated carbocycles. The molecule has 0 aromatic heterocycles. The summed E-state index contributed by atoms with van der Waals surface area (Å²) in [7, 11) is 0. The number of para-hydroxylation sites is 1. The Morgan fingerprint density at radius 3 is 2.38 bits per heavy atom. The maximum absolute atomic E-state index is 11.8. The van der Waals surface area contributed by atoms with Crippen molar-refractivity contribution in [2.45, 2.75) is 39.5 Å². The lowest BCUT2D eigenvalue weighted by Gasteiger charge is -2.13. The predicted molar refractivity (Wildman–Crippen MR) is 79.7 cm³/mol. The summed E-state index contributed by atoms with van der Waals surface area (Å²) < 4.78 is 5.52. The van der Waals surface area contributed by atoms with Gasteiger partial charge >= 0.3 is 0 Å². The number of benzene rings is 1. The third-order valence-electron chi connectivity index (χ3n) is 3.81. The van der Waals surface area contributed by atoms with Gasteiger partial charge in [0.2, 0.25) is 5.91 Å². The smallest absolute Gasteiger partial charge is 0.276 e. The van der Waals surface area contributed by atoms with E-state index >= 15 is 0 Å². The van der Waals surface area contributed by atoms with Gasteiger partial charge in [-0.15, -0.1) is 0 Å². The summed E-state index contributed by atoms with van der Waals surface area (Å²) in [5.41, 5.74) is 6.84. The monoisotopic (exact) mass is 290 g/mol. The van der Waals surface area contributed by atoms with Crippen molar-refractivity contribution >= 4 is 11.8 Å². The minimum Gasteiger partial charge on any atom is -0.483 e. The van der Waals surface area contributed by atoms with E-state index in [2.05, 4.69) is 10.9 Å². The van der Waals surface area contributed by atoms with Crippen LogP contribution in [-0.4, -0.2) is 18.4 Å². The lowest BCUT2D eigenvalue weighted by Crippen LogP contribution is -2.45. The molecule has 2 rings (SSSR count). The molecule has 1 aliphatic carbocycles. The first-order chi connectivity index (χ1) is 10.1. The predicted octanol–water partition coefficient (Wildman–Crippen LogP) is 2.02. The van der Waals surface area contributed by atoms with Crippen LogP contribution in [0.2, 0.25) is 0 Å². The number of hydrogen-bond donors (Lipinski definition) is 2. The van der Waals surface area contributed by atoms with Gasteiger partial charge in [0.05, 0.1) is 0 Å². The van der Waals surface area contributed by atoms with E-state index in [1.54, 1.807) is 0 Å². The topological polar surface area (TPSA) is 67.4 Å². The van der Waals surface area contributed by atoms with Crippen LogP contribution in [-0.2, 0) is 9.59 Å². The summed E-state index contributed by atoms with van der Waals surface area (Å²) in [5, 5.41) is 0. The summed E-state index contributed by atoms with van der Waals surface area (Å²) in [5.74, 6) is 0.288. The molecule has 0 atom stereocenters. The number of hydrazine groups is 1. The Bertz CT molecular complexity index is 502.